The van der Waals surface area contributed by atoms with E-state index < -0.39 is 0 Å². The molecule has 0 saturated carbocycles. The molecule has 0 bridgehead atoms. The van der Waals surface area contributed by atoms with Crippen molar-refractivity contribution in [1.29, 1.82) is 0 Å². The fourth-order valence-electron chi connectivity index (χ4n) is 1.24. The Morgan fingerprint density at radius 3 is 2.73 bits per heavy atom. The lowest BCUT2D eigenvalue weighted by atomic mass is 10.1. The van der Waals surface area contributed by atoms with Crippen molar-refractivity contribution in [3.63, 3.8) is 0 Å². The third-order valence-electron chi connectivity index (χ3n) is 2.34. The van der Waals surface area contributed by atoms with Crippen LogP contribution in [0.25, 0.3) is 0 Å². The number of hydrogen-bond acceptors (Lipinski definition) is 4. The summed E-state index contributed by atoms with van der Waals surface area (Å²) < 4.78 is 5.05. The summed E-state index contributed by atoms with van der Waals surface area (Å²) in [6.07, 6.45) is 2.72. The summed E-state index contributed by atoms with van der Waals surface area (Å²) in [5.74, 6) is 1.94. The Morgan fingerprint density at radius 2 is 2.13 bits per heavy atom. The van der Waals surface area contributed by atoms with Gasteiger partial charge in [0.1, 0.15) is 0 Å². The molecule has 0 aliphatic heterocycles. The number of aliphatic hydroxyl groups is 1. The molecule has 0 amide bonds. The maximum absolute atomic E-state index is 9.41. The summed E-state index contributed by atoms with van der Waals surface area (Å²) in [6, 6.07) is 0. The van der Waals surface area contributed by atoms with Crippen LogP contribution in [-0.4, -0.2) is 21.4 Å². The predicted molar refractivity (Wildman–Crippen MR) is 57.5 cm³/mol. The third-order valence-corrected chi connectivity index (χ3v) is 2.34. The molecule has 86 valence electrons. The van der Waals surface area contributed by atoms with Crippen molar-refractivity contribution in [3.05, 3.63) is 11.7 Å². The molecule has 1 atom stereocenters. The zero-order chi connectivity index (χ0) is 11.3. The molecule has 1 unspecified atom stereocenters. The molecule has 4 nitrogen and oxygen atoms in total. The van der Waals surface area contributed by atoms with E-state index in [1.165, 1.54) is 0 Å². The van der Waals surface area contributed by atoms with E-state index in [1.54, 1.807) is 0 Å². The van der Waals surface area contributed by atoms with Crippen molar-refractivity contribution in [3.8, 4) is 0 Å². The molecule has 0 saturated heterocycles. The first kappa shape index (κ1) is 12.2. The molecular weight excluding hydrogens is 192 g/mol. The van der Waals surface area contributed by atoms with E-state index in [0.717, 1.165) is 18.7 Å². The van der Waals surface area contributed by atoms with Gasteiger partial charge in [0.05, 0.1) is 12.5 Å². The second kappa shape index (κ2) is 5.85. The Hall–Kier alpha value is -0.900. The number of aromatic nitrogens is 2. The van der Waals surface area contributed by atoms with Crippen molar-refractivity contribution in [2.75, 3.05) is 0 Å². The van der Waals surface area contributed by atoms with Gasteiger partial charge >= 0.3 is 0 Å². The minimum absolute atomic E-state index is 0.372. The topological polar surface area (TPSA) is 59.2 Å². The second-order valence-corrected chi connectivity index (χ2v) is 4.30. The van der Waals surface area contributed by atoms with E-state index in [2.05, 4.69) is 24.0 Å². The largest absolute Gasteiger partial charge is 0.393 e. The van der Waals surface area contributed by atoms with E-state index in [9.17, 15) is 5.11 Å². The first-order valence-corrected chi connectivity index (χ1v) is 5.61. The molecule has 0 spiro atoms. The summed E-state index contributed by atoms with van der Waals surface area (Å²) in [5.41, 5.74) is 0. The lowest BCUT2D eigenvalue weighted by Gasteiger charge is -2.01. The van der Waals surface area contributed by atoms with Crippen LogP contribution >= 0.6 is 0 Å². The van der Waals surface area contributed by atoms with Gasteiger partial charge in [0.25, 0.3) is 0 Å². The monoisotopic (exact) mass is 212 g/mol. The summed E-state index contributed by atoms with van der Waals surface area (Å²) in [5, 5.41) is 13.3. The van der Waals surface area contributed by atoms with E-state index >= 15 is 0 Å². The molecule has 0 aliphatic rings. The zero-order valence-electron chi connectivity index (χ0n) is 9.73. The molecule has 15 heavy (non-hydrogen) atoms. The normalized spacial score (nSPS) is 13.4. The van der Waals surface area contributed by atoms with Crippen LogP contribution in [0.15, 0.2) is 4.52 Å². The van der Waals surface area contributed by atoms with Crippen molar-refractivity contribution in [1.82, 2.24) is 10.1 Å². The Balaban J connectivity index is 2.42. The van der Waals surface area contributed by atoms with Gasteiger partial charge in [-0.25, -0.2) is 0 Å². The molecule has 0 aliphatic carbocycles. The SMILES string of the molecule is CCC(O)Cc1nc(CCC(C)C)no1. The average Bonchev–Trinajstić information content (AvgIpc) is 2.62. The molecule has 0 aromatic carbocycles. The second-order valence-electron chi connectivity index (χ2n) is 4.30. The average molecular weight is 212 g/mol. The van der Waals surface area contributed by atoms with Gasteiger partial charge in [-0.2, -0.15) is 4.98 Å². The van der Waals surface area contributed by atoms with E-state index in [0.29, 0.717) is 24.7 Å². The van der Waals surface area contributed by atoms with Gasteiger partial charge in [-0.3, -0.25) is 0 Å². The molecule has 1 aromatic heterocycles. The Bertz CT molecular complexity index is 284. The van der Waals surface area contributed by atoms with Gasteiger partial charge < -0.3 is 9.63 Å². The Morgan fingerprint density at radius 1 is 1.40 bits per heavy atom. The van der Waals surface area contributed by atoms with Crippen LogP contribution in [0.5, 0.6) is 0 Å². The molecule has 4 heteroatoms. The smallest absolute Gasteiger partial charge is 0.229 e. The maximum atomic E-state index is 9.41. The summed E-state index contributed by atoms with van der Waals surface area (Å²) in [4.78, 5) is 4.23. The Labute approximate surface area is 90.7 Å². The van der Waals surface area contributed by atoms with E-state index in [-0.39, 0.29) is 6.10 Å². The van der Waals surface area contributed by atoms with Crippen LogP contribution in [0.2, 0.25) is 0 Å². The fraction of sp³-hybridized carbons (Fsp3) is 0.818. The van der Waals surface area contributed by atoms with Gasteiger partial charge in [-0.05, 0) is 18.8 Å². The molecule has 1 N–H and O–H groups in total. The van der Waals surface area contributed by atoms with Crippen molar-refractivity contribution in [2.24, 2.45) is 5.92 Å². The molecule has 0 radical (unpaired) electrons. The van der Waals surface area contributed by atoms with Gasteiger partial charge in [-0.15, -0.1) is 0 Å². The third kappa shape index (κ3) is 4.42. The highest BCUT2D eigenvalue weighted by Crippen LogP contribution is 2.08. The standard InChI is InChI=1S/C11H20N2O2/c1-4-9(14)7-11-12-10(13-15-11)6-5-8(2)3/h8-9,14H,4-7H2,1-3H3. The van der Waals surface area contributed by atoms with Crippen LogP contribution in [0.4, 0.5) is 0 Å². The molecule has 1 aromatic rings. The molecular formula is C11H20N2O2. The van der Waals surface area contributed by atoms with Gasteiger partial charge in [0, 0.05) is 6.42 Å². The highest BCUT2D eigenvalue weighted by atomic mass is 16.5. The molecule has 0 fully saturated rings. The van der Waals surface area contributed by atoms with E-state index in [1.807, 2.05) is 6.92 Å². The zero-order valence-corrected chi connectivity index (χ0v) is 9.73. The van der Waals surface area contributed by atoms with Gasteiger partial charge in [0.15, 0.2) is 5.82 Å². The Kier molecular flexibility index (Phi) is 4.75. The van der Waals surface area contributed by atoms with Crippen LogP contribution in [0.1, 0.15) is 45.3 Å². The maximum Gasteiger partial charge on any atom is 0.229 e. The molecule has 1 heterocycles. The van der Waals surface area contributed by atoms with Crippen molar-refractivity contribution >= 4 is 0 Å². The number of rotatable bonds is 6. The lowest BCUT2D eigenvalue weighted by molar-refractivity contribution is 0.158. The van der Waals surface area contributed by atoms with Crippen LogP contribution in [0, 0.1) is 5.92 Å². The lowest BCUT2D eigenvalue weighted by Crippen LogP contribution is -2.08. The van der Waals surface area contributed by atoms with Crippen molar-refractivity contribution < 1.29 is 9.63 Å². The van der Waals surface area contributed by atoms with Gasteiger partial charge in [-0.1, -0.05) is 25.9 Å². The molecule has 1 rings (SSSR count). The number of aliphatic hydroxyl groups excluding tert-OH is 1. The predicted octanol–water partition coefficient (Wildman–Crippen LogP) is 1.97. The quantitative estimate of drug-likeness (QED) is 0.783. The number of aryl methyl sites for hydroxylation is 1. The minimum atomic E-state index is -0.372. The minimum Gasteiger partial charge on any atom is -0.393 e. The number of hydrogen-bond donors (Lipinski definition) is 1. The fourth-order valence-corrected chi connectivity index (χ4v) is 1.24. The highest BCUT2D eigenvalue weighted by molar-refractivity contribution is 4.88. The summed E-state index contributed by atoms with van der Waals surface area (Å²) in [7, 11) is 0. The summed E-state index contributed by atoms with van der Waals surface area (Å²) >= 11 is 0. The van der Waals surface area contributed by atoms with Crippen LogP contribution in [-0.2, 0) is 12.8 Å². The first-order valence-electron chi connectivity index (χ1n) is 5.61. The van der Waals surface area contributed by atoms with Gasteiger partial charge in [0.2, 0.25) is 5.89 Å². The number of nitrogens with zero attached hydrogens (tertiary/aromatic N) is 2. The summed E-state index contributed by atoms with van der Waals surface area (Å²) in [6.45, 7) is 6.27. The van der Waals surface area contributed by atoms with Crippen LogP contribution < -0.4 is 0 Å². The first-order chi connectivity index (χ1) is 7.11. The van der Waals surface area contributed by atoms with Crippen LogP contribution in [0.3, 0.4) is 0 Å². The van der Waals surface area contributed by atoms with E-state index in [4.69, 9.17) is 4.52 Å². The van der Waals surface area contributed by atoms with Crippen molar-refractivity contribution in [2.45, 2.75) is 52.6 Å². The highest BCUT2D eigenvalue weighted by Gasteiger charge is 2.10.